The van der Waals surface area contributed by atoms with Crippen LogP contribution >= 0.6 is 0 Å². The van der Waals surface area contributed by atoms with Crippen LogP contribution < -0.4 is 0 Å². The van der Waals surface area contributed by atoms with Crippen LogP contribution in [0.2, 0.25) is 0 Å². The molecule has 0 saturated carbocycles. The topological polar surface area (TPSA) is 34.8 Å². The molecule has 3 rings (SSSR count). The van der Waals surface area contributed by atoms with E-state index >= 15 is 0 Å². The molecule has 112 valence electrons. The molecule has 2 saturated heterocycles. The Morgan fingerprint density at radius 2 is 2.35 bits per heavy atom. The Hall–Kier alpha value is -0.840. The van der Waals surface area contributed by atoms with Gasteiger partial charge < -0.3 is 13.9 Å². The molecule has 2 aliphatic heterocycles. The van der Waals surface area contributed by atoms with Gasteiger partial charge in [-0.05, 0) is 45.4 Å². The quantitative estimate of drug-likeness (QED) is 0.849. The number of ether oxygens (including phenoxy) is 2. The van der Waals surface area contributed by atoms with Crippen LogP contribution in [0.15, 0.2) is 16.5 Å². The van der Waals surface area contributed by atoms with Gasteiger partial charge in [0.15, 0.2) is 0 Å². The van der Waals surface area contributed by atoms with Crippen LogP contribution in [0.5, 0.6) is 0 Å². The van der Waals surface area contributed by atoms with Gasteiger partial charge in [0.1, 0.15) is 11.5 Å². The lowest BCUT2D eigenvalue weighted by atomic mass is 9.89. The highest BCUT2D eigenvalue weighted by atomic mass is 16.6. The summed E-state index contributed by atoms with van der Waals surface area (Å²) in [6.07, 6.45) is 3.67. The van der Waals surface area contributed by atoms with Crippen molar-refractivity contribution in [3.05, 3.63) is 23.7 Å². The minimum Gasteiger partial charge on any atom is -0.465 e. The van der Waals surface area contributed by atoms with Crippen LogP contribution in [0, 0.1) is 6.92 Å². The fourth-order valence-corrected chi connectivity index (χ4v) is 3.55. The van der Waals surface area contributed by atoms with Crippen molar-refractivity contribution >= 4 is 0 Å². The molecule has 2 atom stereocenters. The van der Waals surface area contributed by atoms with Crippen LogP contribution in [0.1, 0.15) is 37.7 Å². The van der Waals surface area contributed by atoms with E-state index in [1.807, 2.05) is 13.0 Å². The number of hydrogen-bond donors (Lipinski definition) is 0. The fraction of sp³-hybridized carbons (Fsp3) is 0.750. The molecular formula is C16H25NO3. The van der Waals surface area contributed by atoms with E-state index in [2.05, 4.69) is 17.9 Å². The maximum Gasteiger partial charge on any atom is 0.118 e. The standard InChI is InChI=1S/C16H25NO3/c1-3-18-15-9-16(19-11-15)7-4-8-17(12-16)10-14-6-5-13(2)20-14/h5-6,15H,3-4,7-12H2,1-2H3/t15-,16+/m1/s1. The molecule has 2 fully saturated rings. The van der Waals surface area contributed by atoms with E-state index in [1.165, 1.54) is 6.42 Å². The molecule has 20 heavy (non-hydrogen) atoms. The number of hydrogen-bond acceptors (Lipinski definition) is 4. The molecule has 0 aromatic carbocycles. The highest BCUT2D eigenvalue weighted by molar-refractivity contribution is 5.06. The lowest BCUT2D eigenvalue weighted by Crippen LogP contribution is -2.47. The second kappa shape index (κ2) is 5.88. The highest BCUT2D eigenvalue weighted by Gasteiger charge is 2.43. The summed E-state index contributed by atoms with van der Waals surface area (Å²) in [5.74, 6) is 2.04. The number of likely N-dealkylation sites (tertiary alicyclic amines) is 1. The van der Waals surface area contributed by atoms with Gasteiger partial charge in [-0.1, -0.05) is 0 Å². The first-order chi connectivity index (χ1) is 9.69. The Morgan fingerprint density at radius 3 is 3.10 bits per heavy atom. The number of aryl methyl sites for hydroxylation is 1. The molecule has 3 heterocycles. The normalized spacial score (nSPS) is 31.2. The van der Waals surface area contributed by atoms with Gasteiger partial charge in [0.05, 0.1) is 24.9 Å². The molecule has 0 bridgehead atoms. The van der Waals surface area contributed by atoms with Gasteiger partial charge >= 0.3 is 0 Å². The maximum absolute atomic E-state index is 6.12. The van der Waals surface area contributed by atoms with Crippen molar-refractivity contribution in [3.63, 3.8) is 0 Å². The minimum absolute atomic E-state index is 0.0136. The molecule has 1 aromatic rings. The average Bonchev–Trinajstić information content (AvgIpc) is 2.98. The summed E-state index contributed by atoms with van der Waals surface area (Å²) < 4.78 is 17.5. The Bertz CT molecular complexity index is 445. The molecule has 2 aliphatic rings. The number of rotatable bonds is 4. The predicted octanol–water partition coefficient (Wildman–Crippen LogP) is 2.75. The SMILES string of the molecule is CCO[C@H]1CO[C@@]2(CCCN(Cc3ccc(C)o3)C2)C1. The number of piperidine rings is 1. The molecule has 4 heteroatoms. The number of furan rings is 1. The van der Waals surface area contributed by atoms with Crippen LogP contribution in [-0.4, -0.2) is 42.9 Å². The van der Waals surface area contributed by atoms with Crippen molar-refractivity contribution in [3.8, 4) is 0 Å². The second-order valence-electron chi connectivity index (χ2n) is 6.10. The van der Waals surface area contributed by atoms with E-state index < -0.39 is 0 Å². The third kappa shape index (κ3) is 3.08. The first kappa shape index (κ1) is 14.1. The third-order valence-corrected chi connectivity index (χ3v) is 4.37. The van der Waals surface area contributed by atoms with Crippen LogP contribution in [0.25, 0.3) is 0 Å². The Balaban J connectivity index is 1.59. The smallest absolute Gasteiger partial charge is 0.118 e. The van der Waals surface area contributed by atoms with Crippen molar-refractivity contribution in [1.82, 2.24) is 4.90 Å². The van der Waals surface area contributed by atoms with Crippen molar-refractivity contribution in [2.45, 2.75) is 51.4 Å². The molecule has 1 aromatic heterocycles. The van der Waals surface area contributed by atoms with Crippen molar-refractivity contribution in [1.29, 1.82) is 0 Å². The monoisotopic (exact) mass is 279 g/mol. The summed E-state index contributed by atoms with van der Waals surface area (Å²) >= 11 is 0. The van der Waals surface area contributed by atoms with E-state index in [1.54, 1.807) is 0 Å². The summed E-state index contributed by atoms with van der Waals surface area (Å²) in [6.45, 7) is 8.59. The van der Waals surface area contributed by atoms with Gasteiger partial charge in [0.25, 0.3) is 0 Å². The van der Waals surface area contributed by atoms with Crippen molar-refractivity contribution < 1.29 is 13.9 Å². The second-order valence-corrected chi connectivity index (χ2v) is 6.10. The zero-order valence-electron chi connectivity index (χ0n) is 12.6. The Labute approximate surface area is 121 Å². The summed E-state index contributed by atoms with van der Waals surface area (Å²) in [5, 5.41) is 0. The Kier molecular flexibility index (Phi) is 4.15. The third-order valence-electron chi connectivity index (χ3n) is 4.37. The molecule has 0 amide bonds. The maximum atomic E-state index is 6.12. The molecule has 0 aliphatic carbocycles. The molecule has 1 spiro atoms. The van der Waals surface area contributed by atoms with E-state index in [9.17, 15) is 0 Å². The lowest BCUT2D eigenvalue weighted by molar-refractivity contribution is -0.0556. The van der Waals surface area contributed by atoms with Crippen molar-refractivity contribution in [2.75, 3.05) is 26.3 Å². The van der Waals surface area contributed by atoms with Crippen molar-refractivity contribution in [2.24, 2.45) is 0 Å². The van der Waals surface area contributed by atoms with Gasteiger partial charge in [-0.2, -0.15) is 0 Å². The van der Waals surface area contributed by atoms with Gasteiger partial charge in [-0.25, -0.2) is 0 Å². The summed E-state index contributed by atoms with van der Waals surface area (Å²) in [6, 6.07) is 4.11. The summed E-state index contributed by atoms with van der Waals surface area (Å²) in [5.41, 5.74) is 0.0136. The molecular weight excluding hydrogens is 254 g/mol. The van der Waals surface area contributed by atoms with Crippen LogP contribution in [-0.2, 0) is 16.0 Å². The largest absolute Gasteiger partial charge is 0.465 e. The van der Waals surface area contributed by atoms with Gasteiger partial charge in [-0.3, -0.25) is 4.90 Å². The highest BCUT2D eigenvalue weighted by Crippen LogP contribution is 2.36. The first-order valence-electron chi connectivity index (χ1n) is 7.72. The van der Waals surface area contributed by atoms with E-state index in [4.69, 9.17) is 13.9 Å². The summed E-state index contributed by atoms with van der Waals surface area (Å²) in [4.78, 5) is 2.45. The molecule has 0 unspecified atom stereocenters. The first-order valence-corrected chi connectivity index (χ1v) is 7.72. The van der Waals surface area contributed by atoms with Crippen LogP contribution in [0.4, 0.5) is 0 Å². The molecule has 0 radical (unpaired) electrons. The van der Waals surface area contributed by atoms with Gasteiger partial charge in [0.2, 0.25) is 0 Å². The summed E-state index contributed by atoms with van der Waals surface area (Å²) in [7, 11) is 0. The molecule has 4 nitrogen and oxygen atoms in total. The Morgan fingerprint density at radius 1 is 1.45 bits per heavy atom. The lowest BCUT2D eigenvalue weighted by Gasteiger charge is -2.39. The fourth-order valence-electron chi connectivity index (χ4n) is 3.55. The van der Waals surface area contributed by atoms with Gasteiger partial charge in [-0.15, -0.1) is 0 Å². The van der Waals surface area contributed by atoms with E-state index in [0.29, 0.717) is 0 Å². The predicted molar refractivity (Wildman–Crippen MR) is 76.7 cm³/mol. The minimum atomic E-state index is 0.0136. The average molecular weight is 279 g/mol. The van der Waals surface area contributed by atoms with Gasteiger partial charge in [0, 0.05) is 19.6 Å². The number of nitrogens with zero attached hydrogens (tertiary/aromatic N) is 1. The molecule has 0 N–H and O–H groups in total. The van der Waals surface area contributed by atoms with E-state index in [0.717, 1.165) is 57.2 Å². The zero-order valence-corrected chi connectivity index (χ0v) is 12.6. The van der Waals surface area contributed by atoms with E-state index in [-0.39, 0.29) is 11.7 Å². The zero-order chi connectivity index (χ0) is 14.0. The van der Waals surface area contributed by atoms with Crippen LogP contribution in [0.3, 0.4) is 0 Å².